The van der Waals surface area contributed by atoms with Crippen LogP contribution in [0.15, 0.2) is 47.6 Å². The maximum absolute atomic E-state index is 11.7. The first kappa shape index (κ1) is 19.5. The van der Waals surface area contributed by atoms with Crippen LogP contribution in [-0.2, 0) is 9.59 Å². The average Bonchev–Trinajstić information content (AvgIpc) is 2.58. The summed E-state index contributed by atoms with van der Waals surface area (Å²) in [6.07, 6.45) is 1.43. The zero-order valence-corrected chi connectivity index (χ0v) is 15.6. The van der Waals surface area contributed by atoms with Crippen molar-refractivity contribution in [3.8, 4) is 0 Å². The summed E-state index contributed by atoms with van der Waals surface area (Å²) in [6, 6.07) is 13.1. The van der Waals surface area contributed by atoms with E-state index in [-0.39, 0.29) is 6.04 Å². The number of amides is 2. The third kappa shape index (κ3) is 5.89. The van der Waals surface area contributed by atoms with E-state index in [9.17, 15) is 9.59 Å². The first-order valence-electron chi connectivity index (χ1n) is 8.12. The first-order chi connectivity index (χ1) is 12.3. The number of benzene rings is 2. The Labute approximate surface area is 157 Å². The van der Waals surface area contributed by atoms with Gasteiger partial charge in [0.15, 0.2) is 0 Å². The van der Waals surface area contributed by atoms with E-state index in [1.54, 1.807) is 26.0 Å². The molecule has 2 aromatic carbocycles. The van der Waals surface area contributed by atoms with Crippen molar-refractivity contribution in [2.24, 2.45) is 5.10 Å². The molecule has 7 heteroatoms. The van der Waals surface area contributed by atoms with Crippen LogP contribution < -0.4 is 16.1 Å². The van der Waals surface area contributed by atoms with Gasteiger partial charge in [-0.15, -0.1) is 0 Å². The predicted octanol–water partition coefficient (Wildman–Crippen LogP) is 3.37. The van der Waals surface area contributed by atoms with Gasteiger partial charge >= 0.3 is 11.8 Å². The molecule has 0 saturated carbocycles. The number of hydrogen-bond donors (Lipinski definition) is 3. The fraction of sp³-hybridized carbons (Fsp3) is 0.211. The molecule has 136 valence electrons. The van der Waals surface area contributed by atoms with Crippen molar-refractivity contribution in [3.05, 3.63) is 58.6 Å². The largest absolute Gasteiger partial charge is 0.355 e. The minimum Gasteiger partial charge on any atom is -0.355 e. The predicted molar refractivity (Wildman–Crippen MR) is 105 cm³/mol. The molecule has 2 amide bonds. The fourth-order valence-corrected chi connectivity index (χ4v) is 2.27. The van der Waals surface area contributed by atoms with Gasteiger partial charge in [-0.1, -0.05) is 29.3 Å². The second-order valence-electron chi connectivity index (χ2n) is 6.05. The van der Waals surface area contributed by atoms with Crippen LogP contribution in [0.1, 0.15) is 25.0 Å². The van der Waals surface area contributed by atoms with Gasteiger partial charge in [0, 0.05) is 28.0 Å². The van der Waals surface area contributed by atoms with E-state index in [1.807, 2.05) is 37.3 Å². The summed E-state index contributed by atoms with van der Waals surface area (Å²) in [5.74, 6) is -1.56. The summed E-state index contributed by atoms with van der Waals surface area (Å²) in [5.41, 5.74) is 5.71. The molecule has 3 N–H and O–H groups in total. The second-order valence-corrected chi connectivity index (χ2v) is 6.49. The Morgan fingerprint density at radius 3 is 2.42 bits per heavy atom. The lowest BCUT2D eigenvalue weighted by Crippen LogP contribution is -2.41. The lowest BCUT2D eigenvalue weighted by Gasteiger charge is -2.10. The molecule has 0 spiro atoms. The van der Waals surface area contributed by atoms with E-state index >= 15 is 0 Å². The summed E-state index contributed by atoms with van der Waals surface area (Å²) in [6.45, 7) is 5.55. The standard InChI is InChI=1S/C19H21ClN4O2/c1-12(2)22-18(25)19(26)24-21-11-14-10-15(20)6-9-17(14)23-16-7-4-13(3)5-8-16/h4-12,23H,1-3H3,(H,22,25)(H,24,26)/b21-11-. The lowest BCUT2D eigenvalue weighted by atomic mass is 10.1. The Hall–Kier alpha value is -2.86. The second kappa shape index (κ2) is 9.01. The van der Waals surface area contributed by atoms with Crippen molar-refractivity contribution in [1.29, 1.82) is 0 Å². The minimum absolute atomic E-state index is 0.129. The number of nitrogens with zero attached hydrogens (tertiary/aromatic N) is 1. The van der Waals surface area contributed by atoms with Gasteiger partial charge in [0.2, 0.25) is 0 Å². The minimum atomic E-state index is -0.829. The summed E-state index contributed by atoms with van der Waals surface area (Å²) in [5, 5.41) is 10.1. The number of carbonyl (C=O) groups is 2. The molecule has 0 aliphatic heterocycles. The quantitative estimate of drug-likeness (QED) is 0.427. The van der Waals surface area contributed by atoms with Gasteiger partial charge in [0.05, 0.1) is 6.21 Å². The zero-order valence-electron chi connectivity index (χ0n) is 14.8. The van der Waals surface area contributed by atoms with Gasteiger partial charge in [-0.2, -0.15) is 5.10 Å². The normalized spacial score (nSPS) is 10.8. The summed E-state index contributed by atoms with van der Waals surface area (Å²) < 4.78 is 0. The number of hydrazone groups is 1. The van der Waals surface area contributed by atoms with Crippen LogP contribution in [0.4, 0.5) is 11.4 Å². The highest BCUT2D eigenvalue weighted by Gasteiger charge is 2.13. The Kier molecular flexibility index (Phi) is 6.74. The number of hydrogen-bond acceptors (Lipinski definition) is 4. The lowest BCUT2D eigenvalue weighted by molar-refractivity contribution is -0.139. The van der Waals surface area contributed by atoms with E-state index in [0.717, 1.165) is 16.9 Å². The SMILES string of the molecule is Cc1ccc(Nc2ccc(Cl)cc2/C=N\NC(=O)C(=O)NC(C)C)cc1. The molecule has 0 atom stereocenters. The highest BCUT2D eigenvalue weighted by molar-refractivity contribution is 6.35. The third-order valence-corrected chi connectivity index (χ3v) is 3.58. The maximum Gasteiger partial charge on any atom is 0.329 e. The van der Waals surface area contributed by atoms with Gasteiger partial charge in [-0.25, -0.2) is 5.43 Å². The van der Waals surface area contributed by atoms with Crippen LogP contribution in [0.5, 0.6) is 0 Å². The fourth-order valence-electron chi connectivity index (χ4n) is 2.09. The third-order valence-electron chi connectivity index (χ3n) is 3.34. The molecule has 0 aliphatic carbocycles. The topological polar surface area (TPSA) is 82.6 Å². The molecule has 0 aromatic heterocycles. The van der Waals surface area contributed by atoms with Crippen molar-refractivity contribution in [3.63, 3.8) is 0 Å². The average molecular weight is 373 g/mol. The van der Waals surface area contributed by atoms with Crippen LogP contribution in [-0.4, -0.2) is 24.1 Å². The van der Waals surface area contributed by atoms with Crippen LogP contribution in [0.2, 0.25) is 5.02 Å². The summed E-state index contributed by atoms with van der Waals surface area (Å²) in [7, 11) is 0. The Bertz CT molecular complexity index is 817. The van der Waals surface area contributed by atoms with Gasteiger partial charge in [0.25, 0.3) is 0 Å². The number of aryl methyl sites for hydroxylation is 1. The Balaban J connectivity index is 2.10. The molecule has 0 unspecified atom stereocenters. The van der Waals surface area contributed by atoms with Gasteiger partial charge in [-0.05, 0) is 51.1 Å². The molecule has 0 heterocycles. The molecule has 2 rings (SSSR count). The van der Waals surface area contributed by atoms with Crippen LogP contribution in [0.3, 0.4) is 0 Å². The van der Waals surface area contributed by atoms with E-state index in [4.69, 9.17) is 11.6 Å². The van der Waals surface area contributed by atoms with Crippen molar-refractivity contribution >= 4 is 41.0 Å². The molecule has 0 fully saturated rings. The van der Waals surface area contributed by atoms with E-state index in [1.165, 1.54) is 6.21 Å². The summed E-state index contributed by atoms with van der Waals surface area (Å²) in [4.78, 5) is 23.2. The Morgan fingerprint density at radius 1 is 1.08 bits per heavy atom. The van der Waals surface area contributed by atoms with Crippen molar-refractivity contribution in [2.75, 3.05) is 5.32 Å². The highest BCUT2D eigenvalue weighted by Crippen LogP contribution is 2.23. The monoisotopic (exact) mass is 372 g/mol. The van der Waals surface area contributed by atoms with Crippen molar-refractivity contribution < 1.29 is 9.59 Å². The molecule has 0 saturated heterocycles. The maximum atomic E-state index is 11.7. The van der Waals surface area contributed by atoms with Crippen LogP contribution >= 0.6 is 11.6 Å². The van der Waals surface area contributed by atoms with E-state index < -0.39 is 11.8 Å². The van der Waals surface area contributed by atoms with E-state index in [2.05, 4.69) is 21.2 Å². The smallest absolute Gasteiger partial charge is 0.329 e. The van der Waals surface area contributed by atoms with Gasteiger partial charge in [-0.3, -0.25) is 9.59 Å². The molecule has 6 nitrogen and oxygen atoms in total. The zero-order chi connectivity index (χ0) is 19.1. The molecule has 0 radical (unpaired) electrons. The number of nitrogens with one attached hydrogen (secondary N) is 3. The molecule has 2 aromatic rings. The van der Waals surface area contributed by atoms with Gasteiger partial charge < -0.3 is 10.6 Å². The van der Waals surface area contributed by atoms with Crippen LogP contribution in [0.25, 0.3) is 0 Å². The number of anilines is 2. The highest BCUT2D eigenvalue weighted by atomic mass is 35.5. The van der Waals surface area contributed by atoms with Gasteiger partial charge in [0.1, 0.15) is 0 Å². The molecule has 26 heavy (non-hydrogen) atoms. The molecule has 0 aliphatic rings. The molecule has 0 bridgehead atoms. The number of rotatable bonds is 5. The Morgan fingerprint density at radius 2 is 1.77 bits per heavy atom. The first-order valence-corrected chi connectivity index (χ1v) is 8.50. The van der Waals surface area contributed by atoms with Crippen molar-refractivity contribution in [1.82, 2.24) is 10.7 Å². The number of halogens is 1. The number of carbonyl (C=O) groups excluding carboxylic acids is 2. The van der Waals surface area contributed by atoms with Crippen LogP contribution in [0, 0.1) is 6.92 Å². The molecular formula is C19H21ClN4O2. The van der Waals surface area contributed by atoms with E-state index in [0.29, 0.717) is 10.6 Å². The molecular weight excluding hydrogens is 352 g/mol. The summed E-state index contributed by atoms with van der Waals surface area (Å²) >= 11 is 6.05. The van der Waals surface area contributed by atoms with Crippen molar-refractivity contribution in [2.45, 2.75) is 26.8 Å².